The van der Waals surface area contributed by atoms with Gasteiger partial charge in [-0.25, -0.2) is 19.9 Å². The lowest BCUT2D eigenvalue weighted by atomic mass is 10.5. The molecule has 0 bridgehead atoms. The molecule has 10 heteroatoms. The van der Waals surface area contributed by atoms with Gasteiger partial charge in [0.2, 0.25) is 0 Å². The minimum atomic E-state index is 0.496. The Balaban J connectivity index is 1.69. The van der Waals surface area contributed by atoms with E-state index in [1.165, 1.54) is 0 Å². The SMILES string of the molecule is S=c1nc[nH]c2c1ncn2CCn1cnc2c(=S)nc[nH]c21. The van der Waals surface area contributed by atoms with Crippen LogP contribution < -0.4 is 0 Å². The molecule has 4 aromatic rings. The van der Waals surface area contributed by atoms with Crippen LogP contribution in [0, 0.1) is 9.28 Å². The molecular formula is C12H10N8S2. The van der Waals surface area contributed by atoms with Crippen molar-refractivity contribution in [2.45, 2.75) is 13.1 Å². The molecule has 0 fully saturated rings. The third kappa shape index (κ3) is 2.04. The number of aromatic amines is 2. The van der Waals surface area contributed by atoms with Crippen LogP contribution in [-0.2, 0) is 13.1 Å². The minimum absolute atomic E-state index is 0.496. The van der Waals surface area contributed by atoms with Crippen LogP contribution in [0.15, 0.2) is 25.3 Å². The lowest BCUT2D eigenvalue weighted by Crippen LogP contribution is -2.07. The van der Waals surface area contributed by atoms with E-state index in [1.807, 2.05) is 9.13 Å². The number of nitrogens with one attached hydrogen (secondary N) is 2. The fourth-order valence-electron chi connectivity index (χ4n) is 2.36. The Labute approximate surface area is 133 Å². The Bertz CT molecular complexity index is 998. The van der Waals surface area contributed by atoms with Crippen LogP contribution in [0.2, 0.25) is 0 Å². The van der Waals surface area contributed by atoms with Gasteiger partial charge in [-0.1, -0.05) is 24.4 Å². The molecule has 0 aliphatic rings. The average molecular weight is 330 g/mol. The largest absolute Gasteiger partial charge is 0.331 e. The molecule has 0 spiro atoms. The van der Waals surface area contributed by atoms with Gasteiger partial charge in [0.15, 0.2) is 9.28 Å². The van der Waals surface area contributed by atoms with Crippen LogP contribution >= 0.6 is 24.4 Å². The fraction of sp³-hybridized carbons (Fsp3) is 0.167. The molecular weight excluding hydrogens is 320 g/mol. The summed E-state index contributed by atoms with van der Waals surface area (Å²) in [5.74, 6) is 0. The Hall–Kier alpha value is -2.46. The number of imidazole rings is 2. The number of hydrogen-bond donors (Lipinski definition) is 2. The van der Waals surface area contributed by atoms with Crippen molar-refractivity contribution in [1.29, 1.82) is 0 Å². The summed E-state index contributed by atoms with van der Waals surface area (Å²) < 4.78 is 4.98. The molecule has 0 radical (unpaired) electrons. The maximum absolute atomic E-state index is 5.16. The van der Waals surface area contributed by atoms with Gasteiger partial charge in [0.05, 0.1) is 25.3 Å². The zero-order valence-electron chi connectivity index (χ0n) is 11.2. The first-order chi connectivity index (χ1) is 10.7. The number of rotatable bonds is 3. The molecule has 8 nitrogen and oxygen atoms in total. The molecule has 2 N–H and O–H groups in total. The van der Waals surface area contributed by atoms with E-state index < -0.39 is 0 Å². The summed E-state index contributed by atoms with van der Waals surface area (Å²) in [7, 11) is 0. The zero-order valence-corrected chi connectivity index (χ0v) is 12.9. The van der Waals surface area contributed by atoms with E-state index in [0.29, 0.717) is 33.4 Å². The summed E-state index contributed by atoms with van der Waals surface area (Å²) in [4.78, 5) is 22.8. The Kier molecular flexibility index (Phi) is 3.05. The van der Waals surface area contributed by atoms with Gasteiger partial charge in [-0.15, -0.1) is 0 Å². The molecule has 0 amide bonds. The summed E-state index contributed by atoms with van der Waals surface area (Å²) in [5.41, 5.74) is 3.13. The summed E-state index contributed by atoms with van der Waals surface area (Å²) in [6.45, 7) is 1.42. The van der Waals surface area contributed by atoms with Gasteiger partial charge < -0.3 is 19.1 Å². The number of aromatic nitrogens is 8. The van der Waals surface area contributed by atoms with Crippen molar-refractivity contribution in [2.24, 2.45) is 0 Å². The van der Waals surface area contributed by atoms with Crippen molar-refractivity contribution in [3.63, 3.8) is 0 Å². The molecule has 0 saturated carbocycles. The molecule has 110 valence electrons. The highest BCUT2D eigenvalue weighted by Gasteiger charge is 2.07. The molecule has 0 unspecified atom stereocenters. The summed E-state index contributed by atoms with van der Waals surface area (Å²) in [5, 5.41) is 0. The van der Waals surface area contributed by atoms with Crippen LogP contribution in [0.4, 0.5) is 0 Å². The first-order valence-electron chi connectivity index (χ1n) is 6.51. The van der Waals surface area contributed by atoms with E-state index in [4.69, 9.17) is 24.4 Å². The van der Waals surface area contributed by atoms with Gasteiger partial charge in [-0.2, -0.15) is 0 Å². The predicted octanol–water partition coefficient (Wildman–Crippen LogP) is 1.99. The van der Waals surface area contributed by atoms with Crippen LogP contribution in [0.3, 0.4) is 0 Å². The molecule has 4 aromatic heterocycles. The van der Waals surface area contributed by atoms with Gasteiger partial charge in [0.25, 0.3) is 0 Å². The van der Waals surface area contributed by atoms with Crippen LogP contribution in [0.1, 0.15) is 0 Å². The van der Waals surface area contributed by atoms with Crippen molar-refractivity contribution >= 4 is 46.8 Å². The summed E-state index contributed by atoms with van der Waals surface area (Å²) >= 11 is 10.3. The van der Waals surface area contributed by atoms with Gasteiger partial charge >= 0.3 is 0 Å². The molecule has 0 aliphatic heterocycles. The number of aryl methyl sites for hydroxylation is 2. The maximum atomic E-state index is 5.16. The van der Waals surface area contributed by atoms with E-state index in [1.54, 1.807) is 25.3 Å². The van der Waals surface area contributed by atoms with Crippen molar-refractivity contribution in [1.82, 2.24) is 39.0 Å². The first kappa shape index (κ1) is 13.2. The standard InChI is InChI=1S/C12H10N8S2/c21-11-7-9(13-3-15-11)19(5-17-7)1-2-20-6-18-8-10(20)14-4-16-12(8)22/h3-6H,1-2H2,(H,13,15,21)(H,14,16,22). The topological polar surface area (TPSA) is 93.0 Å². The van der Waals surface area contributed by atoms with Crippen molar-refractivity contribution in [2.75, 3.05) is 0 Å². The smallest absolute Gasteiger partial charge is 0.157 e. The molecule has 4 rings (SSSR count). The van der Waals surface area contributed by atoms with Crippen LogP contribution in [-0.4, -0.2) is 39.0 Å². The number of H-pyrrole nitrogens is 2. The second-order valence-corrected chi connectivity index (χ2v) is 5.46. The summed E-state index contributed by atoms with van der Waals surface area (Å²) in [6, 6.07) is 0. The van der Waals surface area contributed by atoms with Gasteiger partial charge in [0, 0.05) is 13.1 Å². The van der Waals surface area contributed by atoms with Gasteiger partial charge in [-0.05, 0) is 0 Å². The monoisotopic (exact) mass is 330 g/mol. The van der Waals surface area contributed by atoms with Crippen LogP contribution in [0.5, 0.6) is 0 Å². The maximum Gasteiger partial charge on any atom is 0.157 e. The Morgan fingerprint density at radius 3 is 1.68 bits per heavy atom. The molecule has 4 heterocycles. The van der Waals surface area contributed by atoms with E-state index in [0.717, 1.165) is 11.3 Å². The molecule has 0 atom stereocenters. The zero-order chi connectivity index (χ0) is 15.1. The van der Waals surface area contributed by atoms with E-state index in [9.17, 15) is 0 Å². The third-order valence-electron chi connectivity index (χ3n) is 3.43. The quantitative estimate of drug-likeness (QED) is 0.558. The van der Waals surface area contributed by atoms with Gasteiger partial charge in [0.1, 0.15) is 22.3 Å². The van der Waals surface area contributed by atoms with E-state index >= 15 is 0 Å². The molecule has 22 heavy (non-hydrogen) atoms. The highest BCUT2D eigenvalue weighted by molar-refractivity contribution is 7.71. The van der Waals surface area contributed by atoms with E-state index in [-0.39, 0.29) is 0 Å². The average Bonchev–Trinajstić information content (AvgIpc) is 3.11. The fourth-order valence-corrected chi connectivity index (χ4v) is 2.77. The Morgan fingerprint density at radius 2 is 1.23 bits per heavy atom. The van der Waals surface area contributed by atoms with Gasteiger partial charge in [-0.3, -0.25) is 0 Å². The van der Waals surface area contributed by atoms with Crippen molar-refractivity contribution < 1.29 is 0 Å². The second kappa shape index (κ2) is 5.07. The second-order valence-electron chi connectivity index (χ2n) is 4.69. The van der Waals surface area contributed by atoms with Crippen LogP contribution in [0.25, 0.3) is 22.3 Å². The Morgan fingerprint density at radius 1 is 0.773 bits per heavy atom. The lowest BCUT2D eigenvalue weighted by Gasteiger charge is -2.06. The number of fused-ring (bicyclic) bond motifs is 2. The molecule has 0 saturated heterocycles. The predicted molar refractivity (Wildman–Crippen MR) is 85.4 cm³/mol. The van der Waals surface area contributed by atoms with E-state index in [2.05, 4.69) is 29.9 Å². The lowest BCUT2D eigenvalue weighted by molar-refractivity contribution is 0.594. The first-order valence-corrected chi connectivity index (χ1v) is 7.33. The minimum Gasteiger partial charge on any atom is -0.331 e. The highest BCUT2D eigenvalue weighted by atomic mass is 32.1. The molecule has 0 aliphatic carbocycles. The normalized spacial score (nSPS) is 11.5. The third-order valence-corrected chi connectivity index (χ3v) is 4.03. The number of hydrogen-bond acceptors (Lipinski definition) is 6. The summed E-state index contributed by atoms with van der Waals surface area (Å²) in [6.07, 6.45) is 6.67. The molecule has 0 aromatic carbocycles. The highest BCUT2D eigenvalue weighted by Crippen LogP contribution is 2.12. The van der Waals surface area contributed by atoms with Crippen molar-refractivity contribution in [3.05, 3.63) is 34.6 Å². The number of nitrogens with zero attached hydrogens (tertiary/aromatic N) is 6. The van der Waals surface area contributed by atoms with Crippen molar-refractivity contribution in [3.8, 4) is 0 Å².